The molecule has 1 aromatic heterocycles. The Morgan fingerprint density at radius 2 is 1.77 bits per heavy atom. The summed E-state index contributed by atoms with van der Waals surface area (Å²) in [6.45, 7) is 0.199. The quantitative estimate of drug-likeness (QED) is 0.801. The van der Waals surface area contributed by atoms with Gasteiger partial charge in [0.1, 0.15) is 5.82 Å². The number of hydrogen-bond acceptors (Lipinski definition) is 3. The van der Waals surface area contributed by atoms with Crippen molar-refractivity contribution in [3.05, 3.63) is 76.3 Å². The molecule has 5 nitrogen and oxygen atoms in total. The van der Waals surface area contributed by atoms with E-state index in [1.165, 1.54) is 4.57 Å². The maximum atomic E-state index is 12.3. The van der Waals surface area contributed by atoms with E-state index in [-0.39, 0.29) is 18.0 Å². The lowest BCUT2D eigenvalue weighted by molar-refractivity contribution is 0.0949. The molecule has 3 aromatic rings. The molecule has 0 fully saturated rings. The number of amides is 1. The van der Waals surface area contributed by atoms with E-state index in [0.29, 0.717) is 22.3 Å². The number of carbonyl (C=O) groups is 1. The predicted molar refractivity (Wildman–Crippen MR) is 84.6 cm³/mol. The van der Waals surface area contributed by atoms with E-state index < -0.39 is 0 Å². The van der Waals surface area contributed by atoms with Crippen molar-refractivity contribution in [2.75, 3.05) is 0 Å². The summed E-state index contributed by atoms with van der Waals surface area (Å²) >= 11 is 0. The lowest BCUT2D eigenvalue weighted by Crippen LogP contribution is -2.29. The first-order valence-corrected chi connectivity index (χ1v) is 6.95. The fourth-order valence-electron chi connectivity index (χ4n) is 2.27. The predicted octanol–water partition coefficient (Wildman–Crippen LogP) is 1.86. The fraction of sp³-hybridized carbons (Fsp3) is 0.118. The van der Waals surface area contributed by atoms with Gasteiger partial charge in [-0.1, -0.05) is 30.3 Å². The van der Waals surface area contributed by atoms with Crippen molar-refractivity contribution >= 4 is 16.8 Å². The number of nitrogens with zero attached hydrogens (tertiary/aromatic N) is 2. The SMILES string of the molecule is Cn1c(CNC(=O)c2ccccc2)nc2ccccc2c1=O. The van der Waals surface area contributed by atoms with Gasteiger partial charge in [0, 0.05) is 12.6 Å². The number of aromatic nitrogens is 2. The van der Waals surface area contributed by atoms with Gasteiger partial charge in [0.2, 0.25) is 0 Å². The molecule has 0 radical (unpaired) electrons. The Balaban J connectivity index is 1.87. The minimum Gasteiger partial charge on any atom is -0.345 e. The second-order valence-corrected chi connectivity index (χ2v) is 4.96. The molecule has 22 heavy (non-hydrogen) atoms. The molecule has 0 aliphatic heterocycles. The second kappa shape index (κ2) is 5.81. The van der Waals surface area contributed by atoms with Gasteiger partial charge in [-0.2, -0.15) is 0 Å². The van der Waals surface area contributed by atoms with E-state index in [0.717, 1.165) is 0 Å². The van der Waals surface area contributed by atoms with E-state index in [1.54, 1.807) is 43.4 Å². The van der Waals surface area contributed by atoms with Crippen LogP contribution in [0.25, 0.3) is 10.9 Å². The van der Waals surface area contributed by atoms with Crippen molar-refractivity contribution in [3.8, 4) is 0 Å². The van der Waals surface area contributed by atoms with Crippen LogP contribution >= 0.6 is 0 Å². The molecular weight excluding hydrogens is 278 g/mol. The van der Waals surface area contributed by atoms with Gasteiger partial charge in [-0.15, -0.1) is 0 Å². The Morgan fingerprint density at radius 1 is 1.09 bits per heavy atom. The minimum absolute atomic E-state index is 0.116. The first-order chi connectivity index (χ1) is 10.7. The van der Waals surface area contributed by atoms with Crippen molar-refractivity contribution in [2.24, 2.45) is 7.05 Å². The lowest BCUT2D eigenvalue weighted by atomic mass is 10.2. The molecule has 0 saturated carbocycles. The van der Waals surface area contributed by atoms with Crippen LogP contribution in [-0.2, 0) is 13.6 Å². The summed E-state index contributed by atoms with van der Waals surface area (Å²) in [6, 6.07) is 16.1. The zero-order valence-electron chi connectivity index (χ0n) is 12.1. The van der Waals surface area contributed by atoms with Gasteiger partial charge in [0.25, 0.3) is 11.5 Å². The third kappa shape index (κ3) is 2.61. The molecule has 1 amide bonds. The van der Waals surface area contributed by atoms with Gasteiger partial charge in [0.15, 0.2) is 0 Å². The van der Waals surface area contributed by atoms with Crippen LogP contribution in [-0.4, -0.2) is 15.5 Å². The smallest absolute Gasteiger partial charge is 0.261 e. The van der Waals surface area contributed by atoms with Crippen LogP contribution in [0.15, 0.2) is 59.4 Å². The number of rotatable bonds is 3. The summed E-state index contributed by atoms with van der Waals surface area (Å²) in [5.41, 5.74) is 1.09. The molecule has 0 unspecified atom stereocenters. The van der Waals surface area contributed by atoms with Crippen LogP contribution in [0.4, 0.5) is 0 Å². The number of fused-ring (bicyclic) bond motifs is 1. The Morgan fingerprint density at radius 3 is 2.55 bits per heavy atom. The first kappa shape index (κ1) is 14.0. The van der Waals surface area contributed by atoms with Gasteiger partial charge < -0.3 is 5.32 Å². The zero-order valence-corrected chi connectivity index (χ0v) is 12.1. The minimum atomic E-state index is -0.192. The molecule has 3 rings (SSSR count). The summed E-state index contributed by atoms with van der Waals surface area (Å²) in [5.74, 6) is 0.330. The van der Waals surface area contributed by atoms with Gasteiger partial charge in [0.05, 0.1) is 17.4 Å². The molecule has 1 heterocycles. The van der Waals surface area contributed by atoms with Crippen molar-refractivity contribution in [1.29, 1.82) is 0 Å². The summed E-state index contributed by atoms with van der Waals surface area (Å²) in [4.78, 5) is 28.8. The molecule has 0 aliphatic carbocycles. The molecule has 1 N–H and O–H groups in total. The molecule has 2 aromatic carbocycles. The summed E-state index contributed by atoms with van der Waals surface area (Å²) in [5, 5.41) is 3.36. The average Bonchev–Trinajstić information content (AvgIpc) is 2.57. The van der Waals surface area contributed by atoms with Gasteiger partial charge in [-0.05, 0) is 24.3 Å². The summed E-state index contributed by atoms with van der Waals surface area (Å²) in [7, 11) is 1.66. The van der Waals surface area contributed by atoms with Crippen LogP contribution in [0, 0.1) is 0 Å². The van der Waals surface area contributed by atoms with E-state index in [1.807, 2.05) is 18.2 Å². The highest BCUT2D eigenvalue weighted by Gasteiger charge is 2.10. The van der Waals surface area contributed by atoms with E-state index in [4.69, 9.17) is 0 Å². The van der Waals surface area contributed by atoms with Crippen molar-refractivity contribution in [1.82, 2.24) is 14.9 Å². The molecule has 0 spiro atoms. The highest BCUT2D eigenvalue weighted by Crippen LogP contribution is 2.07. The van der Waals surface area contributed by atoms with Crippen LogP contribution in [0.5, 0.6) is 0 Å². The second-order valence-electron chi connectivity index (χ2n) is 4.96. The number of para-hydroxylation sites is 1. The van der Waals surface area contributed by atoms with E-state index in [9.17, 15) is 9.59 Å². The average molecular weight is 293 g/mol. The van der Waals surface area contributed by atoms with Gasteiger partial charge in [-0.3, -0.25) is 14.2 Å². The monoisotopic (exact) mass is 293 g/mol. The Bertz CT molecular complexity index is 885. The van der Waals surface area contributed by atoms with Crippen LogP contribution in [0.1, 0.15) is 16.2 Å². The van der Waals surface area contributed by atoms with Crippen molar-refractivity contribution in [3.63, 3.8) is 0 Å². The summed E-state index contributed by atoms with van der Waals surface area (Å²) in [6.07, 6.45) is 0. The first-order valence-electron chi connectivity index (χ1n) is 6.95. The normalized spacial score (nSPS) is 10.6. The molecular formula is C17H15N3O2. The van der Waals surface area contributed by atoms with Gasteiger partial charge in [-0.25, -0.2) is 4.98 Å². The Hall–Kier alpha value is -2.95. The van der Waals surface area contributed by atoms with Crippen molar-refractivity contribution < 1.29 is 4.79 Å². The number of hydrogen-bond donors (Lipinski definition) is 1. The molecule has 0 atom stereocenters. The topological polar surface area (TPSA) is 64.0 Å². The summed E-state index contributed by atoms with van der Waals surface area (Å²) < 4.78 is 1.47. The standard InChI is InChI=1S/C17H15N3O2/c1-20-15(11-18-16(21)12-7-3-2-4-8-12)19-14-10-6-5-9-13(14)17(20)22/h2-10H,11H2,1H3,(H,18,21). The van der Waals surface area contributed by atoms with Crippen LogP contribution in [0.3, 0.4) is 0 Å². The third-order valence-corrected chi connectivity index (χ3v) is 3.52. The van der Waals surface area contributed by atoms with E-state index in [2.05, 4.69) is 10.3 Å². The lowest BCUT2D eigenvalue weighted by Gasteiger charge is -2.10. The van der Waals surface area contributed by atoms with Crippen LogP contribution in [0.2, 0.25) is 0 Å². The molecule has 110 valence electrons. The van der Waals surface area contributed by atoms with Gasteiger partial charge >= 0.3 is 0 Å². The van der Waals surface area contributed by atoms with Crippen molar-refractivity contribution in [2.45, 2.75) is 6.54 Å². The highest BCUT2D eigenvalue weighted by atomic mass is 16.1. The number of nitrogens with one attached hydrogen (secondary N) is 1. The number of benzene rings is 2. The molecule has 0 saturated heterocycles. The highest BCUT2D eigenvalue weighted by molar-refractivity contribution is 5.94. The molecule has 0 bridgehead atoms. The number of carbonyl (C=O) groups excluding carboxylic acids is 1. The molecule has 5 heteroatoms. The Labute approximate surface area is 127 Å². The van der Waals surface area contributed by atoms with Crippen LogP contribution < -0.4 is 10.9 Å². The fourth-order valence-corrected chi connectivity index (χ4v) is 2.27. The zero-order chi connectivity index (χ0) is 15.5. The third-order valence-electron chi connectivity index (χ3n) is 3.52. The van der Waals surface area contributed by atoms with E-state index >= 15 is 0 Å². The molecule has 0 aliphatic rings. The maximum absolute atomic E-state index is 12.3. The maximum Gasteiger partial charge on any atom is 0.261 e. The largest absolute Gasteiger partial charge is 0.345 e. The Kier molecular flexibility index (Phi) is 3.70.